The summed E-state index contributed by atoms with van der Waals surface area (Å²) in [6.45, 7) is 1.77. The molecular formula is C15H24N4O. The monoisotopic (exact) mass is 276 g/mol. The first-order valence-electron chi connectivity index (χ1n) is 7.89. The SMILES string of the molecule is O=C(CCC1CCCCC1)Nc1n[nH]c2c1CNCC2. The smallest absolute Gasteiger partial charge is 0.225 e. The van der Waals surface area contributed by atoms with Gasteiger partial charge in [0.05, 0.1) is 0 Å². The number of aromatic nitrogens is 2. The third kappa shape index (κ3) is 3.20. The molecule has 2 aliphatic rings. The number of nitrogens with zero attached hydrogens (tertiary/aromatic N) is 1. The van der Waals surface area contributed by atoms with Crippen molar-refractivity contribution < 1.29 is 4.79 Å². The van der Waals surface area contributed by atoms with Crippen LogP contribution in [0.4, 0.5) is 5.82 Å². The van der Waals surface area contributed by atoms with E-state index in [1.165, 1.54) is 32.1 Å². The summed E-state index contributed by atoms with van der Waals surface area (Å²) < 4.78 is 0. The van der Waals surface area contributed by atoms with E-state index >= 15 is 0 Å². The second kappa shape index (κ2) is 6.39. The van der Waals surface area contributed by atoms with Crippen molar-refractivity contribution in [1.29, 1.82) is 0 Å². The van der Waals surface area contributed by atoms with Crippen molar-refractivity contribution in [3.63, 3.8) is 0 Å². The molecule has 1 aliphatic carbocycles. The van der Waals surface area contributed by atoms with Crippen LogP contribution in [0.2, 0.25) is 0 Å². The average Bonchev–Trinajstić information content (AvgIpc) is 2.90. The molecule has 0 spiro atoms. The quantitative estimate of drug-likeness (QED) is 0.790. The molecule has 0 saturated heterocycles. The van der Waals surface area contributed by atoms with Gasteiger partial charge in [-0.05, 0) is 12.3 Å². The van der Waals surface area contributed by atoms with Gasteiger partial charge in [-0.15, -0.1) is 0 Å². The zero-order chi connectivity index (χ0) is 13.8. The Hall–Kier alpha value is -1.36. The first-order chi connectivity index (χ1) is 9.83. The lowest BCUT2D eigenvalue weighted by Crippen LogP contribution is -2.24. The van der Waals surface area contributed by atoms with Crippen molar-refractivity contribution in [2.45, 2.75) is 57.9 Å². The molecule has 5 nitrogen and oxygen atoms in total. The van der Waals surface area contributed by atoms with E-state index in [4.69, 9.17) is 0 Å². The molecular weight excluding hydrogens is 252 g/mol. The van der Waals surface area contributed by atoms with Crippen LogP contribution in [0.5, 0.6) is 0 Å². The minimum absolute atomic E-state index is 0.107. The van der Waals surface area contributed by atoms with Crippen LogP contribution >= 0.6 is 0 Å². The van der Waals surface area contributed by atoms with Crippen LogP contribution in [-0.4, -0.2) is 22.6 Å². The first kappa shape index (κ1) is 13.6. The molecule has 3 rings (SSSR count). The molecule has 1 aromatic rings. The topological polar surface area (TPSA) is 69.8 Å². The predicted molar refractivity (Wildman–Crippen MR) is 78.4 cm³/mol. The number of fused-ring (bicyclic) bond motifs is 1. The Labute approximate surface area is 119 Å². The van der Waals surface area contributed by atoms with Gasteiger partial charge in [0.25, 0.3) is 0 Å². The normalized spacial score (nSPS) is 19.6. The molecule has 3 N–H and O–H groups in total. The van der Waals surface area contributed by atoms with Crippen molar-refractivity contribution in [2.75, 3.05) is 11.9 Å². The second-order valence-electron chi connectivity index (χ2n) is 6.05. The van der Waals surface area contributed by atoms with Crippen LogP contribution < -0.4 is 10.6 Å². The highest BCUT2D eigenvalue weighted by molar-refractivity contribution is 5.90. The second-order valence-corrected chi connectivity index (χ2v) is 6.05. The molecule has 0 bridgehead atoms. The molecule has 0 atom stereocenters. The number of carbonyl (C=O) groups excluding carboxylic acids is 1. The fourth-order valence-corrected chi connectivity index (χ4v) is 3.33. The number of hydrogen-bond donors (Lipinski definition) is 3. The Morgan fingerprint density at radius 2 is 2.15 bits per heavy atom. The Kier molecular flexibility index (Phi) is 4.35. The number of rotatable bonds is 4. The van der Waals surface area contributed by atoms with Gasteiger partial charge in [0.15, 0.2) is 5.82 Å². The minimum atomic E-state index is 0.107. The van der Waals surface area contributed by atoms with Gasteiger partial charge in [0.1, 0.15) is 0 Å². The van der Waals surface area contributed by atoms with Crippen molar-refractivity contribution in [3.8, 4) is 0 Å². The van der Waals surface area contributed by atoms with Crippen LogP contribution in [0.1, 0.15) is 56.2 Å². The van der Waals surface area contributed by atoms with E-state index in [9.17, 15) is 4.79 Å². The molecule has 1 aromatic heterocycles. The van der Waals surface area contributed by atoms with E-state index in [0.717, 1.165) is 48.9 Å². The zero-order valence-corrected chi connectivity index (χ0v) is 12.0. The van der Waals surface area contributed by atoms with E-state index in [-0.39, 0.29) is 5.91 Å². The fraction of sp³-hybridized carbons (Fsp3) is 0.733. The number of nitrogens with one attached hydrogen (secondary N) is 3. The number of H-pyrrole nitrogens is 1. The molecule has 1 saturated carbocycles. The van der Waals surface area contributed by atoms with E-state index in [0.29, 0.717) is 6.42 Å². The van der Waals surface area contributed by atoms with Crippen LogP contribution in [0.25, 0.3) is 0 Å². The third-order valence-corrected chi connectivity index (χ3v) is 4.57. The summed E-state index contributed by atoms with van der Waals surface area (Å²) in [5.41, 5.74) is 2.29. The standard InChI is InChI=1S/C15H24N4O/c20-14(7-6-11-4-2-1-3-5-11)17-15-12-10-16-9-8-13(12)18-19-15/h11,16H,1-10H2,(H2,17,18,19,20). The van der Waals surface area contributed by atoms with E-state index in [1.54, 1.807) is 0 Å². The lowest BCUT2D eigenvalue weighted by atomic mass is 9.86. The molecule has 2 heterocycles. The van der Waals surface area contributed by atoms with Gasteiger partial charge in [-0.2, -0.15) is 5.10 Å². The van der Waals surface area contributed by atoms with Crippen molar-refractivity contribution in [1.82, 2.24) is 15.5 Å². The van der Waals surface area contributed by atoms with Crippen molar-refractivity contribution >= 4 is 11.7 Å². The lowest BCUT2D eigenvalue weighted by Gasteiger charge is -2.21. The summed E-state index contributed by atoms with van der Waals surface area (Å²) in [6.07, 6.45) is 9.26. The van der Waals surface area contributed by atoms with Gasteiger partial charge in [-0.1, -0.05) is 32.1 Å². The molecule has 0 radical (unpaired) electrons. The number of amides is 1. The molecule has 110 valence electrons. The summed E-state index contributed by atoms with van der Waals surface area (Å²) in [5, 5.41) is 13.5. The lowest BCUT2D eigenvalue weighted by molar-refractivity contribution is -0.116. The van der Waals surface area contributed by atoms with Gasteiger partial charge in [0.2, 0.25) is 5.91 Å². The van der Waals surface area contributed by atoms with Crippen molar-refractivity contribution in [3.05, 3.63) is 11.3 Å². The highest BCUT2D eigenvalue weighted by Crippen LogP contribution is 2.27. The maximum atomic E-state index is 12.1. The Balaban J connectivity index is 1.49. The van der Waals surface area contributed by atoms with Gasteiger partial charge in [0, 0.05) is 37.2 Å². The van der Waals surface area contributed by atoms with E-state index in [2.05, 4.69) is 20.8 Å². The molecule has 0 unspecified atom stereocenters. The molecule has 5 heteroatoms. The Morgan fingerprint density at radius 1 is 1.30 bits per heavy atom. The summed E-state index contributed by atoms with van der Waals surface area (Å²) >= 11 is 0. The van der Waals surface area contributed by atoms with E-state index < -0.39 is 0 Å². The predicted octanol–water partition coefficient (Wildman–Crippen LogP) is 2.35. The van der Waals surface area contributed by atoms with Crippen LogP contribution in [0.3, 0.4) is 0 Å². The summed E-state index contributed by atoms with van der Waals surface area (Å²) in [6, 6.07) is 0. The van der Waals surface area contributed by atoms with Gasteiger partial charge in [-0.3, -0.25) is 9.89 Å². The summed E-state index contributed by atoms with van der Waals surface area (Å²) in [7, 11) is 0. The van der Waals surface area contributed by atoms with Crippen LogP contribution in [0, 0.1) is 5.92 Å². The Morgan fingerprint density at radius 3 is 3.00 bits per heavy atom. The highest BCUT2D eigenvalue weighted by atomic mass is 16.1. The number of aromatic amines is 1. The summed E-state index contributed by atoms with van der Waals surface area (Å²) in [4.78, 5) is 12.1. The van der Waals surface area contributed by atoms with Crippen LogP contribution in [0.15, 0.2) is 0 Å². The van der Waals surface area contributed by atoms with Gasteiger partial charge < -0.3 is 10.6 Å². The zero-order valence-electron chi connectivity index (χ0n) is 12.0. The molecule has 1 aliphatic heterocycles. The molecule has 1 fully saturated rings. The van der Waals surface area contributed by atoms with Gasteiger partial charge >= 0.3 is 0 Å². The van der Waals surface area contributed by atoms with Crippen molar-refractivity contribution in [2.24, 2.45) is 5.92 Å². The summed E-state index contributed by atoms with van der Waals surface area (Å²) in [5.74, 6) is 1.58. The number of hydrogen-bond acceptors (Lipinski definition) is 3. The van der Waals surface area contributed by atoms with E-state index in [1.807, 2.05) is 0 Å². The maximum Gasteiger partial charge on any atom is 0.225 e. The largest absolute Gasteiger partial charge is 0.312 e. The number of anilines is 1. The molecule has 1 amide bonds. The fourth-order valence-electron chi connectivity index (χ4n) is 3.33. The maximum absolute atomic E-state index is 12.1. The Bertz CT molecular complexity index is 462. The third-order valence-electron chi connectivity index (χ3n) is 4.57. The van der Waals surface area contributed by atoms with Crippen LogP contribution in [-0.2, 0) is 17.8 Å². The average molecular weight is 276 g/mol. The minimum Gasteiger partial charge on any atom is -0.312 e. The molecule has 20 heavy (non-hydrogen) atoms. The van der Waals surface area contributed by atoms with Gasteiger partial charge in [-0.25, -0.2) is 0 Å². The first-order valence-corrected chi connectivity index (χ1v) is 7.89. The number of carbonyl (C=O) groups is 1. The highest BCUT2D eigenvalue weighted by Gasteiger charge is 2.19. The molecule has 0 aromatic carbocycles.